The van der Waals surface area contributed by atoms with Crippen molar-refractivity contribution in [3.05, 3.63) is 0 Å². The maximum Gasteiger partial charge on any atom is 0.234 e. The van der Waals surface area contributed by atoms with E-state index in [1.807, 2.05) is 19.0 Å². The second-order valence-corrected chi connectivity index (χ2v) is 2.60. The first kappa shape index (κ1) is 9.39. The van der Waals surface area contributed by atoms with Crippen molar-refractivity contribution in [1.82, 2.24) is 4.90 Å². The third-order valence-corrected chi connectivity index (χ3v) is 1.25. The average molecular weight is 145 g/mol. The van der Waals surface area contributed by atoms with Gasteiger partial charge in [-0.25, -0.2) is 0 Å². The van der Waals surface area contributed by atoms with Gasteiger partial charge in [0.05, 0.1) is 6.04 Å². The standard InChI is InChI=1S/C6H15N3O/c1-9(2)4-3-5(7)6(8)10/h5H,3-4,7H2,1-2H3,(H2,8,10)/t5-/m0/s1. The van der Waals surface area contributed by atoms with Gasteiger partial charge in [-0.3, -0.25) is 4.79 Å². The highest BCUT2D eigenvalue weighted by Crippen LogP contribution is 1.87. The molecule has 4 nitrogen and oxygen atoms in total. The van der Waals surface area contributed by atoms with Gasteiger partial charge in [0.2, 0.25) is 5.91 Å². The third-order valence-electron chi connectivity index (χ3n) is 1.25. The number of nitrogens with zero attached hydrogens (tertiary/aromatic N) is 1. The monoisotopic (exact) mass is 145 g/mol. The summed E-state index contributed by atoms with van der Waals surface area (Å²) in [6, 6.07) is -0.498. The maximum absolute atomic E-state index is 10.4. The summed E-state index contributed by atoms with van der Waals surface area (Å²) in [5.74, 6) is -0.429. The lowest BCUT2D eigenvalue weighted by Crippen LogP contribution is -2.38. The predicted octanol–water partition coefficient (Wildman–Crippen LogP) is -1.25. The first-order valence-corrected chi connectivity index (χ1v) is 3.23. The van der Waals surface area contributed by atoms with E-state index in [-0.39, 0.29) is 0 Å². The van der Waals surface area contributed by atoms with Crippen LogP contribution in [-0.2, 0) is 4.79 Å². The van der Waals surface area contributed by atoms with E-state index < -0.39 is 11.9 Å². The van der Waals surface area contributed by atoms with Crippen molar-refractivity contribution in [2.24, 2.45) is 11.5 Å². The number of hydrogen-bond donors (Lipinski definition) is 2. The van der Waals surface area contributed by atoms with E-state index in [0.29, 0.717) is 6.42 Å². The van der Waals surface area contributed by atoms with E-state index in [1.54, 1.807) is 0 Å². The summed E-state index contributed by atoms with van der Waals surface area (Å²) in [6.07, 6.45) is 0.627. The first-order valence-electron chi connectivity index (χ1n) is 3.23. The Morgan fingerprint density at radius 1 is 1.60 bits per heavy atom. The number of amides is 1. The van der Waals surface area contributed by atoms with Crippen LogP contribution in [0.2, 0.25) is 0 Å². The van der Waals surface area contributed by atoms with Gasteiger partial charge in [0.1, 0.15) is 0 Å². The Kier molecular flexibility index (Phi) is 3.99. The molecule has 1 amide bonds. The molecule has 0 aromatic carbocycles. The van der Waals surface area contributed by atoms with Crippen molar-refractivity contribution >= 4 is 5.91 Å². The van der Waals surface area contributed by atoms with E-state index in [1.165, 1.54) is 0 Å². The third kappa shape index (κ3) is 4.29. The van der Waals surface area contributed by atoms with Crippen LogP contribution in [-0.4, -0.2) is 37.5 Å². The zero-order chi connectivity index (χ0) is 8.15. The molecule has 0 rings (SSSR count). The number of rotatable bonds is 4. The lowest BCUT2D eigenvalue weighted by Gasteiger charge is -2.11. The highest BCUT2D eigenvalue weighted by molar-refractivity contribution is 5.79. The summed E-state index contributed by atoms with van der Waals surface area (Å²) in [7, 11) is 3.85. The average Bonchev–Trinajstić information content (AvgIpc) is 1.82. The molecule has 0 aromatic heterocycles. The van der Waals surface area contributed by atoms with Crippen LogP contribution in [0, 0.1) is 0 Å². The molecule has 10 heavy (non-hydrogen) atoms. The Morgan fingerprint density at radius 2 is 2.10 bits per heavy atom. The summed E-state index contributed by atoms with van der Waals surface area (Å²) >= 11 is 0. The first-order chi connectivity index (χ1) is 4.54. The molecule has 4 heteroatoms. The molecule has 0 saturated heterocycles. The molecule has 0 bridgehead atoms. The van der Waals surface area contributed by atoms with Gasteiger partial charge in [-0.2, -0.15) is 0 Å². The van der Waals surface area contributed by atoms with Crippen LogP contribution in [0.4, 0.5) is 0 Å². The number of primary amides is 1. The van der Waals surface area contributed by atoms with Gasteiger partial charge >= 0.3 is 0 Å². The van der Waals surface area contributed by atoms with E-state index >= 15 is 0 Å². The number of hydrogen-bond acceptors (Lipinski definition) is 3. The Labute approximate surface area is 61.2 Å². The summed E-state index contributed by atoms with van der Waals surface area (Å²) in [5.41, 5.74) is 10.3. The molecule has 0 heterocycles. The predicted molar refractivity (Wildman–Crippen MR) is 40.3 cm³/mol. The quantitative estimate of drug-likeness (QED) is 0.519. The molecule has 0 aliphatic heterocycles. The van der Waals surface area contributed by atoms with Crippen LogP contribution < -0.4 is 11.5 Å². The Morgan fingerprint density at radius 3 is 2.40 bits per heavy atom. The second kappa shape index (κ2) is 4.24. The van der Waals surface area contributed by atoms with Gasteiger partial charge in [-0.05, 0) is 27.1 Å². The van der Waals surface area contributed by atoms with Gasteiger partial charge in [0.15, 0.2) is 0 Å². The Hall–Kier alpha value is -0.610. The minimum atomic E-state index is -0.498. The maximum atomic E-state index is 10.4. The van der Waals surface area contributed by atoms with Gasteiger partial charge in [0, 0.05) is 0 Å². The van der Waals surface area contributed by atoms with Crippen LogP contribution in [0.1, 0.15) is 6.42 Å². The van der Waals surface area contributed by atoms with Crippen LogP contribution in [0.15, 0.2) is 0 Å². The summed E-state index contributed by atoms with van der Waals surface area (Å²) in [5, 5.41) is 0. The SMILES string of the molecule is CN(C)CC[C@H](N)C(N)=O. The fraction of sp³-hybridized carbons (Fsp3) is 0.833. The minimum absolute atomic E-state index is 0.429. The molecule has 0 radical (unpaired) electrons. The second-order valence-electron chi connectivity index (χ2n) is 2.60. The molecule has 0 saturated carbocycles. The molecule has 0 spiro atoms. The van der Waals surface area contributed by atoms with Gasteiger partial charge in [-0.1, -0.05) is 0 Å². The molecule has 0 fully saturated rings. The fourth-order valence-corrected chi connectivity index (χ4v) is 0.540. The van der Waals surface area contributed by atoms with Gasteiger partial charge < -0.3 is 16.4 Å². The van der Waals surface area contributed by atoms with Gasteiger partial charge in [0.25, 0.3) is 0 Å². The molecule has 4 N–H and O–H groups in total. The van der Waals surface area contributed by atoms with Crippen LogP contribution in [0.25, 0.3) is 0 Å². The summed E-state index contributed by atoms with van der Waals surface area (Å²) in [4.78, 5) is 12.4. The molecule has 0 aliphatic rings. The molecule has 0 aliphatic carbocycles. The van der Waals surface area contributed by atoms with E-state index in [2.05, 4.69) is 0 Å². The lowest BCUT2D eigenvalue weighted by atomic mass is 10.2. The zero-order valence-corrected chi connectivity index (χ0v) is 6.50. The van der Waals surface area contributed by atoms with Gasteiger partial charge in [-0.15, -0.1) is 0 Å². The highest BCUT2D eigenvalue weighted by Gasteiger charge is 2.07. The minimum Gasteiger partial charge on any atom is -0.368 e. The van der Waals surface area contributed by atoms with Crippen LogP contribution in [0.5, 0.6) is 0 Å². The Bertz CT molecular complexity index is 114. The Balaban J connectivity index is 3.40. The van der Waals surface area contributed by atoms with Crippen molar-refractivity contribution in [1.29, 1.82) is 0 Å². The zero-order valence-electron chi connectivity index (χ0n) is 6.50. The van der Waals surface area contributed by atoms with E-state index in [4.69, 9.17) is 11.5 Å². The van der Waals surface area contributed by atoms with Crippen molar-refractivity contribution in [2.45, 2.75) is 12.5 Å². The summed E-state index contributed by atoms with van der Waals surface area (Å²) in [6.45, 7) is 0.796. The molecule has 0 aromatic rings. The molecular weight excluding hydrogens is 130 g/mol. The van der Waals surface area contributed by atoms with Crippen molar-refractivity contribution in [2.75, 3.05) is 20.6 Å². The smallest absolute Gasteiger partial charge is 0.234 e. The fourth-order valence-electron chi connectivity index (χ4n) is 0.540. The molecular formula is C6H15N3O. The lowest BCUT2D eigenvalue weighted by molar-refractivity contribution is -0.119. The summed E-state index contributed by atoms with van der Waals surface area (Å²) < 4.78 is 0. The number of nitrogens with two attached hydrogens (primary N) is 2. The number of carbonyl (C=O) groups excluding carboxylic acids is 1. The normalized spacial score (nSPS) is 13.6. The van der Waals surface area contributed by atoms with Crippen LogP contribution >= 0.6 is 0 Å². The number of carbonyl (C=O) groups is 1. The highest BCUT2D eigenvalue weighted by atomic mass is 16.1. The molecule has 1 atom stereocenters. The van der Waals surface area contributed by atoms with E-state index in [9.17, 15) is 4.79 Å². The van der Waals surface area contributed by atoms with E-state index in [0.717, 1.165) is 6.54 Å². The van der Waals surface area contributed by atoms with Crippen molar-refractivity contribution in [3.8, 4) is 0 Å². The van der Waals surface area contributed by atoms with Crippen LogP contribution in [0.3, 0.4) is 0 Å². The largest absolute Gasteiger partial charge is 0.368 e. The topological polar surface area (TPSA) is 72.3 Å². The van der Waals surface area contributed by atoms with Crippen molar-refractivity contribution < 1.29 is 4.79 Å². The molecule has 60 valence electrons. The van der Waals surface area contributed by atoms with Crippen molar-refractivity contribution in [3.63, 3.8) is 0 Å². The molecule has 0 unspecified atom stereocenters.